The molecule has 0 amide bonds. The first-order valence-corrected chi connectivity index (χ1v) is 12.8. The van der Waals surface area contributed by atoms with E-state index in [1.165, 1.54) is 64.2 Å². The van der Waals surface area contributed by atoms with E-state index in [1.54, 1.807) is 0 Å². The lowest BCUT2D eigenvalue weighted by atomic mass is 9.90. The van der Waals surface area contributed by atoms with Crippen molar-refractivity contribution in [1.82, 2.24) is 0 Å². The summed E-state index contributed by atoms with van der Waals surface area (Å²) in [7, 11) is 4.04. The summed E-state index contributed by atoms with van der Waals surface area (Å²) < 4.78 is 0. The summed E-state index contributed by atoms with van der Waals surface area (Å²) in [5.41, 5.74) is 0. The summed E-state index contributed by atoms with van der Waals surface area (Å²) in [6.45, 7) is 9.10. The monoisotopic (exact) mass is 400 g/mol. The molecule has 0 aliphatic carbocycles. The van der Waals surface area contributed by atoms with E-state index in [-0.39, 0.29) is 4.84 Å². The van der Waals surface area contributed by atoms with E-state index in [0.717, 1.165) is 12.3 Å². The number of hydrogen-bond acceptors (Lipinski definition) is 2. The van der Waals surface area contributed by atoms with Gasteiger partial charge in [0.2, 0.25) is 0 Å². The van der Waals surface area contributed by atoms with Gasteiger partial charge < -0.3 is 0 Å². The fourth-order valence-electron chi connectivity index (χ4n) is 2.85. The first kappa shape index (κ1) is 24.3. The Morgan fingerprint density at radius 2 is 1.26 bits per heavy atom. The van der Waals surface area contributed by atoms with Crippen LogP contribution in [0.1, 0.15) is 98.3 Å². The third-order valence-corrected chi connectivity index (χ3v) is 8.07. The SMILES string of the molecule is CCCCCCC(CCCCCC)C(CC(Cl)Cl)SSC(C)C. The Kier molecular flexibility index (Phi) is 17.7. The molecule has 1 atom stereocenters. The van der Waals surface area contributed by atoms with Crippen LogP contribution in [-0.4, -0.2) is 15.3 Å². The van der Waals surface area contributed by atoms with Gasteiger partial charge in [0.1, 0.15) is 4.84 Å². The second kappa shape index (κ2) is 16.7. The molecular formula is C19H38Cl2S2. The molecule has 0 aliphatic heterocycles. The molecule has 4 heteroatoms. The average Bonchev–Trinajstić information content (AvgIpc) is 2.49. The maximum Gasteiger partial charge on any atom is 0.108 e. The molecule has 1 unspecified atom stereocenters. The quantitative estimate of drug-likeness (QED) is 0.144. The van der Waals surface area contributed by atoms with Crippen LogP contribution >= 0.6 is 44.8 Å². The Balaban J connectivity index is 4.53. The smallest absolute Gasteiger partial charge is 0.105 e. The molecule has 0 saturated heterocycles. The van der Waals surface area contributed by atoms with E-state index in [1.807, 2.05) is 21.6 Å². The third-order valence-electron chi connectivity index (χ3n) is 4.16. The molecule has 0 rings (SSSR count). The Hall–Kier alpha value is 1.28. The molecule has 0 aliphatic rings. The zero-order valence-electron chi connectivity index (χ0n) is 15.7. The van der Waals surface area contributed by atoms with Crippen molar-refractivity contribution in [3.63, 3.8) is 0 Å². The van der Waals surface area contributed by atoms with Crippen molar-refractivity contribution >= 4 is 44.8 Å². The second-order valence-electron chi connectivity index (χ2n) is 6.87. The second-order valence-corrected chi connectivity index (χ2v) is 11.2. The van der Waals surface area contributed by atoms with Crippen LogP contribution in [0.25, 0.3) is 0 Å². The van der Waals surface area contributed by atoms with Crippen LogP contribution in [0.2, 0.25) is 0 Å². The molecule has 0 fully saturated rings. The van der Waals surface area contributed by atoms with Crippen molar-refractivity contribution in [2.45, 2.75) is 114 Å². The van der Waals surface area contributed by atoms with Crippen LogP contribution in [0.15, 0.2) is 0 Å². The summed E-state index contributed by atoms with van der Waals surface area (Å²) in [5.74, 6) is 0.778. The Bertz CT molecular complexity index is 236. The molecule has 0 nitrogen and oxygen atoms in total. The van der Waals surface area contributed by atoms with E-state index in [2.05, 4.69) is 27.7 Å². The Labute approximate surface area is 164 Å². The van der Waals surface area contributed by atoms with Gasteiger partial charge in [0.25, 0.3) is 0 Å². The van der Waals surface area contributed by atoms with Crippen molar-refractivity contribution in [3.8, 4) is 0 Å². The third kappa shape index (κ3) is 15.3. The standard InChI is InChI=1S/C19H38Cl2S2/c1-5-7-9-11-13-17(14-12-10-8-6-2)18(15-19(20)21)23-22-16(3)4/h16-19H,5-15H2,1-4H3. The van der Waals surface area contributed by atoms with Crippen LogP contribution in [0.3, 0.4) is 0 Å². The molecule has 23 heavy (non-hydrogen) atoms. The van der Waals surface area contributed by atoms with E-state index in [0.29, 0.717) is 10.5 Å². The fourth-order valence-corrected chi connectivity index (χ4v) is 6.31. The van der Waals surface area contributed by atoms with Crippen molar-refractivity contribution in [2.75, 3.05) is 0 Å². The predicted molar refractivity (Wildman–Crippen MR) is 115 cm³/mol. The summed E-state index contributed by atoms with van der Waals surface area (Å²) >= 11 is 12.3. The van der Waals surface area contributed by atoms with Gasteiger partial charge in [0, 0.05) is 10.5 Å². The highest BCUT2D eigenvalue weighted by molar-refractivity contribution is 8.77. The highest BCUT2D eigenvalue weighted by atomic mass is 35.5. The highest BCUT2D eigenvalue weighted by Gasteiger charge is 2.24. The average molecular weight is 402 g/mol. The fraction of sp³-hybridized carbons (Fsp3) is 1.00. The van der Waals surface area contributed by atoms with E-state index >= 15 is 0 Å². The van der Waals surface area contributed by atoms with Crippen LogP contribution < -0.4 is 0 Å². The van der Waals surface area contributed by atoms with Crippen molar-refractivity contribution in [2.24, 2.45) is 5.92 Å². The van der Waals surface area contributed by atoms with E-state index in [4.69, 9.17) is 23.2 Å². The number of unbranched alkanes of at least 4 members (excludes halogenated alkanes) is 6. The summed E-state index contributed by atoms with van der Waals surface area (Å²) in [6.07, 6.45) is 14.5. The number of alkyl halides is 2. The predicted octanol–water partition coefficient (Wildman–Crippen LogP) is 8.90. The minimum absolute atomic E-state index is 0.228. The minimum Gasteiger partial charge on any atom is -0.105 e. The van der Waals surface area contributed by atoms with Crippen molar-refractivity contribution < 1.29 is 0 Å². The molecule has 0 aromatic rings. The maximum absolute atomic E-state index is 6.14. The van der Waals surface area contributed by atoms with Crippen LogP contribution in [0.5, 0.6) is 0 Å². The first-order chi connectivity index (χ1) is 11.0. The molecule has 0 heterocycles. The summed E-state index contributed by atoms with van der Waals surface area (Å²) in [6, 6.07) is 0. The Morgan fingerprint density at radius 3 is 1.65 bits per heavy atom. The molecule has 0 aromatic carbocycles. The number of rotatable bonds is 16. The van der Waals surface area contributed by atoms with Gasteiger partial charge >= 0.3 is 0 Å². The van der Waals surface area contributed by atoms with Gasteiger partial charge in [-0.1, -0.05) is 101 Å². The normalized spacial score (nSPS) is 13.4. The molecule has 0 spiro atoms. The first-order valence-electron chi connectivity index (χ1n) is 9.61. The molecule has 0 aromatic heterocycles. The number of halogens is 2. The van der Waals surface area contributed by atoms with E-state index in [9.17, 15) is 0 Å². The van der Waals surface area contributed by atoms with Gasteiger partial charge in [-0.15, -0.1) is 23.2 Å². The zero-order valence-corrected chi connectivity index (χ0v) is 18.8. The van der Waals surface area contributed by atoms with Crippen molar-refractivity contribution in [3.05, 3.63) is 0 Å². The van der Waals surface area contributed by atoms with Gasteiger partial charge in [-0.3, -0.25) is 0 Å². The topological polar surface area (TPSA) is 0 Å². The van der Waals surface area contributed by atoms with Gasteiger partial charge in [-0.05, 0) is 25.2 Å². The molecule has 140 valence electrons. The summed E-state index contributed by atoms with van der Waals surface area (Å²) in [5, 5.41) is 1.26. The molecule has 0 saturated carbocycles. The van der Waals surface area contributed by atoms with Gasteiger partial charge in [-0.25, -0.2) is 0 Å². The van der Waals surface area contributed by atoms with Crippen molar-refractivity contribution in [1.29, 1.82) is 0 Å². The number of hydrogen-bond donors (Lipinski definition) is 0. The van der Waals surface area contributed by atoms with Gasteiger partial charge in [-0.2, -0.15) is 0 Å². The van der Waals surface area contributed by atoms with Gasteiger partial charge in [0.05, 0.1) is 0 Å². The zero-order chi connectivity index (χ0) is 17.5. The largest absolute Gasteiger partial charge is 0.108 e. The summed E-state index contributed by atoms with van der Waals surface area (Å²) in [4.78, 5) is -0.228. The van der Waals surface area contributed by atoms with E-state index < -0.39 is 0 Å². The Morgan fingerprint density at radius 1 is 0.739 bits per heavy atom. The lowest BCUT2D eigenvalue weighted by Gasteiger charge is -2.27. The molecular weight excluding hydrogens is 363 g/mol. The van der Waals surface area contributed by atoms with Gasteiger partial charge in [0.15, 0.2) is 0 Å². The minimum atomic E-state index is -0.228. The molecule has 0 bridgehead atoms. The molecule has 0 N–H and O–H groups in total. The van der Waals surface area contributed by atoms with Crippen LogP contribution in [0, 0.1) is 5.92 Å². The molecule has 0 radical (unpaired) electrons. The van der Waals surface area contributed by atoms with Crippen LogP contribution in [-0.2, 0) is 0 Å². The maximum atomic E-state index is 6.14. The highest BCUT2D eigenvalue weighted by Crippen LogP contribution is 2.41. The van der Waals surface area contributed by atoms with Crippen LogP contribution in [0.4, 0.5) is 0 Å². The lowest BCUT2D eigenvalue weighted by Crippen LogP contribution is -2.20. The lowest BCUT2D eigenvalue weighted by molar-refractivity contribution is 0.388.